The van der Waals surface area contributed by atoms with Gasteiger partial charge in [0.25, 0.3) is 5.91 Å². The molecule has 1 amide bonds. The molecular weight excluding hydrogens is 266 g/mol. The normalized spacial score (nSPS) is 14.2. The van der Waals surface area contributed by atoms with Gasteiger partial charge in [0.1, 0.15) is 0 Å². The Balaban J connectivity index is 1.59. The van der Waals surface area contributed by atoms with E-state index in [0.29, 0.717) is 12.2 Å². The molecule has 2 aromatic heterocycles. The second-order valence-corrected chi connectivity index (χ2v) is 4.97. The summed E-state index contributed by atoms with van der Waals surface area (Å²) in [6, 6.07) is 9.16. The molecule has 0 spiro atoms. The first-order valence-corrected chi connectivity index (χ1v) is 7.10. The van der Waals surface area contributed by atoms with E-state index in [1.807, 2.05) is 24.3 Å². The molecule has 0 saturated carbocycles. The van der Waals surface area contributed by atoms with Crippen LogP contribution in [-0.4, -0.2) is 34.2 Å². The van der Waals surface area contributed by atoms with Crippen molar-refractivity contribution >= 4 is 11.7 Å². The first-order valence-electron chi connectivity index (χ1n) is 7.10. The van der Waals surface area contributed by atoms with E-state index in [-0.39, 0.29) is 5.91 Å². The van der Waals surface area contributed by atoms with Crippen molar-refractivity contribution in [3.05, 3.63) is 47.9 Å². The number of hydrogen-bond acceptors (Lipinski definition) is 5. The van der Waals surface area contributed by atoms with E-state index in [0.717, 1.165) is 24.6 Å². The highest BCUT2D eigenvalue weighted by Crippen LogP contribution is 2.16. The van der Waals surface area contributed by atoms with Gasteiger partial charge in [0.2, 0.25) is 0 Å². The van der Waals surface area contributed by atoms with Crippen LogP contribution in [0.15, 0.2) is 36.5 Å². The van der Waals surface area contributed by atoms with Gasteiger partial charge in [0, 0.05) is 19.3 Å². The van der Waals surface area contributed by atoms with Crippen molar-refractivity contribution < 1.29 is 4.79 Å². The third kappa shape index (κ3) is 3.34. The van der Waals surface area contributed by atoms with Gasteiger partial charge in [-0.15, -0.1) is 10.2 Å². The Hall–Kier alpha value is -2.50. The average molecular weight is 283 g/mol. The Morgan fingerprint density at radius 1 is 1.14 bits per heavy atom. The number of hydrogen-bond donors (Lipinski definition) is 1. The Labute approximate surface area is 123 Å². The zero-order valence-corrected chi connectivity index (χ0v) is 11.7. The predicted molar refractivity (Wildman–Crippen MR) is 78.9 cm³/mol. The highest BCUT2D eigenvalue weighted by molar-refractivity contribution is 5.92. The van der Waals surface area contributed by atoms with E-state index < -0.39 is 0 Å². The molecule has 0 bridgehead atoms. The van der Waals surface area contributed by atoms with E-state index in [9.17, 15) is 4.79 Å². The summed E-state index contributed by atoms with van der Waals surface area (Å²) in [6.07, 6.45) is 4.08. The lowest BCUT2D eigenvalue weighted by Gasteiger charge is -2.15. The zero-order chi connectivity index (χ0) is 14.5. The van der Waals surface area contributed by atoms with Crippen molar-refractivity contribution in [2.75, 3.05) is 18.0 Å². The fourth-order valence-electron chi connectivity index (χ4n) is 2.33. The van der Waals surface area contributed by atoms with E-state index >= 15 is 0 Å². The predicted octanol–water partition coefficient (Wildman–Crippen LogP) is 1.40. The Bertz CT molecular complexity index is 593. The Morgan fingerprint density at radius 2 is 2.00 bits per heavy atom. The number of nitrogens with zero attached hydrogens (tertiary/aromatic N) is 4. The van der Waals surface area contributed by atoms with Crippen LogP contribution >= 0.6 is 0 Å². The molecular formula is C15H17N5O. The van der Waals surface area contributed by atoms with Gasteiger partial charge >= 0.3 is 0 Å². The van der Waals surface area contributed by atoms with E-state index in [1.165, 1.54) is 12.8 Å². The highest BCUT2D eigenvalue weighted by atomic mass is 16.1. The molecule has 0 aliphatic carbocycles. The number of rotatable bonds is 4. The van der Waals surface area contributed by atoms with E-state index in [1.54, 1.807) is 12.3 Å². The summed E-state index contributed by atoms with van der Waals surface area (Å²) in [5.41, 5.74) is 1.14. The summed E-state index contributed by atoms with van der Waals surface area (Å²) in [6.45, 7) is 2.41. The standard InChI is InChI=1S/C15H17N5O/c21-15(17-11-12-5-1-2-8-16-12)13-6-7-14(19-18-13)20-9-3-4-10-20/h1-2,5-8H,3-4,9-11H2,(H,17,21). The monoisotopic (exact) mass is 283 g/mol. The topological polar surface area (TPSA) is 71.0 Å². The molecule has 21 heavy (non-hydrogen) atoms. The number of anilines is 1. The van der Waals surface area contributed by atoms with Gasteiger partial charge in [0.15, 0.2) is 11.5 Å². The van der Waals surface area contributed by atoms with Gasteiger partial charge in [-0.1, -0.05) is 6.07 Å². The molecule has 1 saturated heterocycles. The van der Waals surface area contributed by atoms with Gasteiger partial charge in [0.05, 0.1) is 12.2 Å². The first kappa shape index (κ1) is 13.5. The number of carbonyl (C=O) groups is 1. The molecule has 3 heterocycles. The Kier molecular flexibility index (Phi) is 4.04. The van der Waals surface area contributed by atoms with Crippen LogP contribution in [0.5, 0.6) is 0 Å². The lowest BCUT2D eigenvalue weighted by atomic mass is 10.3. The minimum atomic E-state index is -0.235. The Morgan fingerprint density at radius 3 is 2.67 bits per heavy atom. The number of nitrogens with one attached hydrogen (secondary N) is 1. The molecule has 3 rings (SSSR count). The summed E-state index contributed by atoms with van der Waals surface area (Å²) >= 11 is 0. The second-order valence-electron chi connectivity index (χ2n) is 4.97. The van der Waals surface area contributed by atoms with Crippen LogP contribution in [0.2, 0.25) is 0 Å². The van der Waals surface area contributed by atoms with Crippen LogP contribution < -0.4 is 10.2 Å². The molecule has 1 aliphatic heterocycles. The minimum absolute atomic E-state index is 0.235. The van der Waals surface area contributed by atoms with Crippen LogP contribution in [0.4, 0.5) is 5.82 Å². The first-order chi connectivity index (χ1) is 10.3. The molecule has 1 aliphatic rings. The fourth-order valence-corrected chi connectivity index (χ4v) is 2.33. The maximum absolute atomic E-state index is 12.0. The molecule has 6 heteroatoms. The molecule has 0 atom stereocenters. The quantitative estimate of drug-likeness (QED) is 0.918. The zero-order valence-electron chi connectivity index (χ0n) is 11.7. The summed E-state index contributed by atoms with van der Waals surface area (Å²) < 4.78 is 0. The third-order valence-electron chi connectivity index (χ3n) is 3.47. The van der Waals surface area contributed by atoms with Crippen molar-refractivity contribution in [3.8, 4) is 0 Å². The van der Waals surface area contributed by atoms with E-state index in [4.69, 9.17) is 0 Å². The number of aromatic nitrogens is 3. The third-order valence-corrected chi connectivity index (χ3v) is 3.47. The van der Waals surface area contributed by atoms with Gasteiger partial charge < -0.3 is 10.2 Å². The summed E-state index contributed by atoms with van der Waals surface area (Å²) in [5.74, 6) is 0.606. The molecule has 0 radical (unpaired) electrons. The van der Waals surface area contributed by atoms with Gasteiger partial charge in [-0.25, -0.2) is 0 Å². The number of amides is 1. The maximum Gasteiger partial charge on any atom is 0.272 e. The van der Waals surface area contributed by atoms with Gasteiger partial charge in [-0.3, -0.25) is 9.78 Å². The highest BCUT2D eigenvalue weighted by Gasteiger charge is 2.15. The van der Waals surface area contributed by atoms with Gasteiger partial charge in [-0.05, 0) is 37.1 Å². The van der Waals surface area contributed by atoms with Crippen LogP contribution in [0.3, 0.4) is 0 Å². The summed E-state index contributed by atoms with van der Waals surface area (Å²) in [7, 11) is 0. The van der Waals surface area contributed by atoms with Crippen LogP contribution in [0.1, 0.15) is 29.0 Å². The maximum atomic E-state index is 12.0. The van der Waals surface area contributed by atoms with Crippen molar-refractivity contribution in [1.82, 2.24) is 20.5 Å². The smallest absolute Gasteiger partial charge is 0.272 e. The van der Waals surface area contributed by atoms with Crippen molar-refractivity contribution in [3.63, 3.8) is 0 Å². The van der Waals surface area contributed by atoms with Crippen molar-refractivity contribution in [1.29, 1.82) is 0 Å². The van der Waals surface area contributed by atoms with Gasteiger partial charge in [-0.2, -0.15) is 0 Å². The number of carbonyl (C=O) groups excluding carboxylic acids is 1. The molecule has 2 aromatic rings. The van der Waals surface area contributed by atoms with Crippen molar-refractivity contribution in [2.45, 2.75) is 19.4 Å². The van der Waals surface area contributed by atoms with Crippen LogP contribution in [-0.2, 0) is 6.54 Å². The van der Waals surface area contributed by atoms with Crippen LogP contribution in [0.25, 0.3) is 0 Å². The lowest BCUT2D eigenvalue weighted by Crippen LogP contribution is -2.25. The lowest BCUT2D eigenvalue weighted by molar-refractivity contribution is 0.0944. The van der Waals surface area contributed by atoms with E-state index in [2.05, 4.69) is 25.4 Å². The molecule has 1 N–H and O–H groups in total. The molecule has 6 nitrogen and oxygen atoms in total. The molecule has 0 unspecified atom stereocenters. The fraction of sp³-hybridized carbons (Fsp3) is 0.333. The molecule has 0 aromatic carbocycles. The van der Waals surface area contributed by atoms with Crippen molar-refractivity contribution in [2.24, 2.45) is 0 Å². The van der Waals surface area contributed by atoms with Crippen LogP contribution in [0, 0.1) is 0 Å². The molecule has 108 valence electrons. The summed E-state index contributed by atoms with van der Waals surface area (Å²) in [4.78, 5) is 18.3. The molecule has 1 fully saturated rings. The summed E-state index contributed by atoms with van der Waals surface area (Å²) in [5, 5.41) is 10.9. The number of pyridine rings is 1. The average Bonchev–Trinajstić information content (AvgIpc) is 3.08. The largest absolute Gasteiger partial charge is 0.355 e. The SMILES string of the molecule is O=C(NCc1ccccn1)c1ccc(N2CCCC2)nn1. The minimum Gasteiger partial charge on any atom is -0.355 e. The second kappa shape index (κ2) is 6.30.